The molecule has 5 heteroatoms. The maximum atomic E-state index is 12.6. The number of hydrogen-bond donors (Lipinski definition) is 1. The predicted molar refractivity (Wildman–Crippen MR) is 74.5 cm³/mol. The lowest BCUT2D eigenvalue weighted by atomic mass is 9.95. The maximum absolute atomic E-state index is 12.6. The summed E-state index contributed by atoms with van der Waals surface area (Å²) in [5.74, 6) is 0. The molecule has 1 aliphatic rings. The first-order chi connectivity index (χ1) is 8.72. The van der Waals surface area contributed by atoms with Crippen LogP contribution in [-0.4, -0.2) is 36.5 Å². The molecule has 19 heavy (non-hydrogen) atoms. The number of aryl methyl sites for hydroxylation is 2. The molecule has 0 spiro atoms. The summed E-state index contributed by atoms with van der Waals surface area (Å²) in [6.45, 7) is 6.28. The zero-order valence-corrected chi connectivity index (χ0v) is 12.5. The summed E-state index contributed by atoms with van der Waals surface area (Å²) >= 11 is 0. The maximum Gasteiger partial charge on any atom is 0.243 e. The zero-order valence-electron chi connectivity index (χ0n) is 11.7. The SMILES string of the molecule is Cc1ccc(S(=O)(=O)N2CCC(C)(O)CC2)c(C)c1. The first-order valence-electron chi connectivity index (χ1n) is 6.52. The minimum absolute atomic E-state index is 0.375. The molecule has 1 aliphatic heterocycles. The van der Waals surface area contributed by atoms with E-state index in [0.29, 0.717) is 30.8 Å². The Morgan fingerprint density at radius 1 is 1.21 bits per heavy atom. The predicted octanol–water partition coefficient (Wildman–Crippen LogP) is 1.84. The summed E-state index contributed by atoms with van der Waals surface area (Å²) in [6.07, 6.45) is 0.967. The summed E-state index contributed by atoms with van der Waals surface area (Å²) in [5.41, 5.74) is 1.09. The standard InChI is InChI=1S/C14H21NO3S/c1-11-4-5-13(12(2)10-11)19(17,18)15-8-6-14(3,16)7-9-15/h4-5,10,16H,6-9H2,1-3H3. The average Bonchev–Trinajstić information content (AvgIpc) is 2.27. The molecule has 0 radical (unpaired) electrons. The van der Waals surface area contributed by atoms with E-state index in [0.717, 1.165) is 11.1 Å². The van der Waals surface area contributed by atoms with Crippen molar-refractivity contribution in [2.24, 2.45) is 0 Å². The van der Waals surface area contributed by atoms with Crippen LogP contribution in [0.3, 0.4) is 0 Å². The number of sulfonamides is 1. The number of piperidine rings is 1. The van der Waals surface area contributed by atoms with Crippen LogP contribution in [-0.2, 0) is 10.0 Å². The number of hydrogen-bond acceptors (Lipinski definition) is 3. The van der Waals surface area contributed by atoms with E-state index in [1.165, 1.54) is 4.31 Å². The van der Waals surface area contributed by atoms with E-state index in [-0.39, 0.29) is 0 Å². The number of nitrogens with zero attached hydrogens (tertiary/aromatic N) is 1. The monoisotopic (exact) mass is 283 g/mol. The molecule has 0 unspecified atom stereocenters. The highest BCUT2D eigenvalue weighted by molar-refractivity contribution is 7.89. The highest BCUT2D eigenvalue weighted by atomic mass is 32.2. The van der Waals surface area contributed by atoms with Crippen molar-refractivity contribution in [1.29, 1.82) is 0 Å². The van der Waals surface area contributed by atoms with Gasteiger partial charge in [-0.25, -0.2) is 8.42 Å². The molecule has 0 bridgehead atoms. The molecular formula is C14H21NO3S. The molecule has 1 aromatic rings. The minimum atomic E-state index is -3.44. The van der Waals surface area contributed by atoms with E-state index >= 15 is 0 Å². The van der Waals surface area contributed by atoms with Gasteiger partial charge in [0.15, 0.2) is 0 Å². The highest BCUT2D eigenvalue weighted by Gasteiger charge is 2.34. The number of rotatable bonds is 2. The largest absolute Gasteiger partial charge is 0.390 e. The third-order valence-electron chi connectivity index (χ3n) is 3.75. The molecule has 1 saturated heterocycles. The first-order valence-corrected chi connectivity index (χ1v) is 7.96. The van der Waals surface area contributed by atoms with Crippen molar-refractivity contribution in [2.75, 3.05) is 13.1 Å². The van der Waals surface area contributed by atoms with Gasteiger partial charge in [0.05, 0.1) is 10.5 Å². The molecular weight excluding hydrogens is 262 g/mol. The highest BCUT2D eigenvalue weighted by Crippen LogP contribution is 2.27. The van der Waals surface area contributed by atoms with Gasteiger partial charge in [0.2, 0.25) is 10.0 Å². The Hall–Kier alpha value is -0.910. The number of aliphatic hydroxyl groups is 1. The quantitative estimate of drug-likeness (QED) is 0.901. The van der Waals surface area contributed by atoms with Gasteiger partial charge in [-0.1, -0.05) is 17.7 Å². The summed E-state index contributed by atoms with van der Waals surface area (Å²) in [4.78, 5) is 0.375. The average molecular weight is 283 g/mol. The Labute approximate surface area is 115 Å². The lowest BCUT2D eigenvalue weighted by molar-refractivity contribution is 0.0126. The molecule has 0 aliphatic carbocycles. The molecule has 0 atom stereocenters. The van der Waals surface area contributed by atoms with Crippen LogP contribution in [0.25, 0.3) is 0 Å². The van der Waals surface area contributed by atoms with Gasteiger partial charge < -0.3 is 5.11 Å². The van der Waals surface area contributed by atoms with Gasteiger partial charge in [0.25, 0.3) is 0 Å². The van der Waals surface area contributed by atoms with Crippen molar-refractivity contribution in [2.45, 2.75) is 44.1 Å². The zero-order chi connectivity index (χ0) is 14.3. The van der Waals surface area contributed by atoms with Crippen LogP contribution >= 0.6 is 0 Å². The minimum Gasteiger partial charge on any atom is -0.390 e. The van der Waals surface area contributed by atoms with Crippen LogP contribution in [0, 0.1) is 13.8 Å². The molecule has 1 aromatic carbocycles. The van der Waals surface area contributed by atoms with Crippen molar-refractivity contribution < 1.29 is 13.5 Å². The van der Waals surface area contributed by atoms with Gasteiger partial charge in [0, 0.05) is 13.1 Å². The summed E-state index contributed by atoms with van der Waals surface area (Å²) in [5, 5.41) is 9.90. The molecule has 4 nitrogen and oxygen atoms in total. The first kappa shape index (κ1) is 14.5. The molecule has 0 amide bonds. The second-order valence-corrected chi connectivity index (χ2v) is 7.58. The van der Waals surface area contributed by atoms with E-state index in [1.54, 1.807) is 13.0 Å². The van der Waals surface area contributed by atoms with Crippen molar-refractivity contribution in [3.63, 3.8) is 0 Å². The van der Waals surface area contributed by atoms with Gasteiger partial charge in [-0.2, -0.15) is 4.31 Å². The van der Waals surface area contributed by atoms with E-state index in [2.05, 4.69) is 0 Å². The van der Waals surface area contributed by atoms with E-state index in [4.69, 9.17) is 0 Å². The van der Waals surface area contributed by atoms with Crippen LogP contribution < -0.4 is 0 Å². The Kier molecular flexibility index (Phi) is 3.73. The van der Waals surface area contributed by atoms with E-state index < -0.39 is 15.6 Å². The van der Waals surface area contributed by atoms with Gasteiger partial charge in [-0.3, -0.25) is 0 Å². The topological polar surface area (TPSA) is 57.6 Å². The third-order valence-corrected chi connectivity index (χ3v) is 5.81. The van der Waals surface area contributed by atoms with Crippen molar-refractivity contribution >= 4 is 10.0 Å². The fourth-order valence-electron chi connectivity index (χ4n) is 2.44. The van der Waals surface area contributed by atoms with Crippen LogP contribution in [0.5, 0.6) is 0 Å². The fourth-order valence-corrected chi connectivity index (χ4v) is 4.08. The second kappa shape index (κ2) is 4.89. The van der Waals surface area contributed by atoms with Gasteiger partial charge in [0.1, 0.15) is 0 Å². The molecule has 2 rings (SSSR count). The molecule has 0 saturated carbocycles. The Bertz CT molecular complexity index is 568. The van der Waals surface area contributed by atoms with Crippen molar-refractivity contribution in [1.82, 2.24) is 4.31 Å². The molecule has 106 valence electrons. The van der Waals surface area contributed by atoms with Crippen LogP contribution in [0.2, 0.25) is 0 Å². The van der Waals surface area contributed by atoms with E-state index in [1.807, 2.05) is 26.0 Å². The summed E-state index contributed by atoms with van der Waals surface area (Å²) in [6, 6.07) is 5.37. The van der Waals surface area contributed by atoms with Crippen LogP contribution in [0.15, 0.2) is 23.1 Å². The van der Waals surface area contributed by atoms with Crippen LogP contribution in [0.1, 0.15) is 30.9 Å². The second-order valence-electron chi connectivity index (χ2n) is 5.67. The smallest absolute Gasteiger partial charge is 0.243 e. The third kappa shape index (κ3) is 2.99. The normalized spacial score (nSPS) is 20.4. The lowest BCUT2D eigenvalue weighted by Gasteiger charge is -2.35. The van der Waals surface area contributed by atoms with Gasteiger partial charge in [-0.05, 0) is 45.2 Å². The van der Waals surface area contributed by atoms with Crippen molar-refractivity contribution in [3.8, 4) is 0 Å². The van der Waals surface area contributed by atoms with E-state index in [9.17, 15) is 13.5 Å². The fraction of sp³-hybridized carbons (Fsp3) is 0.571. The Morgan fingerprint density at radius 2 is 1.79 bits per heavy atom. The summed E-state index contributed by atoms with van der Waals surface area (Å²) in [7, 11) is -3.44. The van der Waals surface area contributed by atoms with Crippen LogP contribution in [0.4, 0.5) is 0 Å². The molecule has 1 fully saturated rings. The lowest BCUT2D eigenvalue weighted by Crippen LogP contribution is -2.45. The molecule has 1 heterocycles. The van der Waals surface area contributed by atoms with Gasteiger partial charge in [-0.15, -0.1) is 0 Å². The molecule has 1 N–H and O–H groups in total. The number of benzene rings is 1. The molecule has 0 aromatic heterocycles. The summed E-state index contributed by atoms with van der Waals surface area (Å²) < 4.78 is 26.6. The van der Waals surface area contributed by atoms with Crippen molar-refractivity contribution in [3.05, 3.63) is 29.3 Å². The van der Waals surface area contributed by atoms with Gasteiger partial charge >= 0.3 is 0 Å². The Morgan fingerprint density at radius 3 is 2.32 bits per heavy atom. The Balaban J connectivity index is 2.28.